The Morgan fingerprint density at radius 2 is 2.04 bits per heavy atom. The van der Waals surface area contributed by atoms with Crippen LogP contribution >= 0.6 is 0 Å². The molecule has 1 saturated carbocycles. The van der Waals surface area contributed by atoms with Crippen LogP contribution in [-0.4, -0.2) is 47.7 Å². The summed E-state index contributed by atoms with van der Waals surface area (Å²) in [6.45, 7) is 1.01. The fourth-order valence-corrected chi connectivity index (χ4v) is 3.53. The maximum Gasteiger partial charge on any atom is 0.251 e. The Labute approximate surface area is 136 Å². The van der Waals surface area contributed by atoms with E-state index in [1.165, 1.54) is 19.2 Å². The minimum Gasteiger partial charge on any atom is -0.495 e. The molecule has 1 fully saturated rings. The fourth-order valence-electron chi connectivity index (χ4n) is 2.03. The number of carbonyl (C=O) groups is 1. The fraction of sp³-hybridized carbons (Fsp3) is 0.533. The lowest BCUT2D eigenvalue weighted by Crippen LogP contribution is -2.28. The summed E-state index contributed by atoms with van der Waals surface area (Å²) >= 11 is 0. The van der Waals surface area contributed by atoms with Gasteiger partial charge in [-0.05, 0) is 37.5 Å². The lowest BCUT2D eigenvalue weighted by atomic mass is 10.2. The number of amides is 1. The van der Waals surface area contributed by atoms with Crippen molar-refractivity contribution in [2.24, 2.45) is 0 Å². The molecule has 1 aromatic carbocycles. The Bertz CT molecular complexity index is 656. The molecule has 0 bridgehead atoms. The van der Waals surface area contributed by atoms with E-state index < -0.39 is 10.0 Å². The van der Waals surface area contributed by atoms with Gasteiger partial charge >= 0.3 is 0 Å². The van der Waals surface area contributed by atoms with E-state index in [0.29, 0.717) is 19.6 Å². The number of hydrogen-bond donors (Lipinski definition) is 2. The molecule has 0 unspecified atom stereocenters. The quantitative estimate of drug-likeness (QED) is 0.651. The highest BCUT2D eigenvalue weighted by molar-refractivity contribution is 7.89. The van der Waals surface area contributed by atoms with Gasteiger partial charge in [-0.15, -0.1) is 0 Å². The van der Waals surface area contributed by atoms with Crippen LogP contribution in [0.5, 0.6) is 5.75 Å². The summed E-state index contributed by atoms with van der Waals surface area (Å²) in [4.78, 5) is 12.1. The van der Waals surface area contributed by atoms with Crippen LogP contribution in [0.1, 0.15) is 29.6 Å². The molecule has 8 heteroatoms. The second-order valence-electron chi connectivity index (χ2n) is 5.36. The van der Waals surface area contributed by atoms with Gasteiger partial charge in [0.25, 0.3) is 5.91 Å². The molecule has 2 rings (SSSR count). The summed E-state index contributed by atoms with van der Waals surface area (Å²) < 4.78 is 37.4. The zero-order valence-electron chi connectivity index (χ0n) is 13.3. The second kappa shape index (κ2) is 7.76. The molecule has 7 nitrogen and oxygen atoms in total. The van der Waals surface area contributed by atoms with Crippen LogP contribution in [0.2, 0.25) is 0 Å². The van der Waals surface area contributed by atoms with Crippen LogP contribution in [0.3, 0.4) is 0 Å². The van der Waals surface area contributed by atoms with E-state index in [1.807, 2.05) is 0 Å². The summed E-state index contributed by atoms with van der Waals surface area (Å²) in [6, 6.07) is 4.36. The van der Waals surface area contributed by atoms with E-state index in [0.717, 1.165) is 12.8 Å². The van der Waals surface area contributed by atoms with Crippen molar-refractivity contribution < 1.29 is 22.7 Å². The number of rotatable bonds is 9. The monoisotopic (exact) mass is 342 g/mol. The van der Waals surface area contributed by atoms with Crippen LogP contribution in [0.4, 0.5) is 0 Å². The second-order valence-corrected chi connectivity index (χ2v) is 7.05. The maximum absolute atomic E-state index is 12.4. The van der Waals surface area contributed by atoms with Gasteiger partial charge in [0.05, 0.1) is 7.11 Å². The van der Waals surface area contributed by atoms with Gasteiger partial charge in [0.2, 0.25) is 10.0 Å². The Balaban J connectivity index is 2.16. The van der Waals surface area contributed by atoms with Crippen molar-refractivity contribution in [3.63, 3.8) is 0 Å². The summed E-state index contributed by atoms with van der Waals surface area (Å²) in [5.74, 6) is -0.110. The standard InChI is InChI=1S/C15H22N2O5S/c1-21-9-3-8-16-15(18)11-4-7-13(22-2)14(10-11)23(19,20)17-12-5-6-12/h4,7,10,12,17H,3,5-6,8-9H2,1-2H3,(H,16,18). The van der Waals surface area contributed by atoms with Gasteiger partial charge in [0.15, 0.2) is 0 Å². The molecule has 1 aromatic rings. The van der Waals surface area contributed by atoms with Crippen LogP contribution in [0.25, 0.3) is 0 Å². The number of benzene rings is 1. The molecule has 128 valence electrons. The first kappa shape index (κ1) is 17.7. The molecule has 1 amide bonds. The minimum absolute atomic E-state index is 0.0172. The molecule has 23 heavy (non-hydrogen) atoms. The van der Waals surface area contributed by atoms with E-state index >= 15 is 0 Å². The van der Waals surface area contributed by atoms with Crippen molar-refractivity contribution in [1.82, 2.24) is 10.0 Å². The van der Waals surface area contributed by atoms with E-state index in [4.69, 9.17) is 9.47 Å². The van der Waals surface area contributed by atoms with E-state index in [1.54, 1.807) is 13.2 Å². The van der Waals surface area contributed by atoms with Crippen molar-refractivity contribution in [1.29, 1.82) is 0 Å². The molecular formula is C15H22N2O5S. The van der Waals surface area contributed by atoms with Crippen LogP contribution in [0, 0.1) is 0 Å². The predicted octanol–water partition coefficient (Wildman–Crippen LogP) is 0.902. The molecule has 0 atom stereocenters. The SMILES string of the molecule is COCCCNC(=O)c1ccc(OC)c(S(=O)(=O)NC2CC2)c1. The molecule has 0 aromatic heterocycles. The van der Waals surface area contributed by atoms with Gasteiger partial charge in [0.1, 0.15) is 10.6 Å². The maximum atomic E-state index is 12.4. The molecule has 0 aliphatic heterocycles. The third kappa shape index (κ3) is 4.92. The molecule has 2 N–H and O–H groups in total. The predicted molar refractivity (Wildman–Crippen MR) is 85.2 cm³/mol. The van der Waals surface area contributed by atoms with Crippen molar-refractivity contribution in [3.8, 4) is 5.75 Å². The zero-order valence-corrected chi connectivity index (χ0v) is 14.1. The third-order valence-electron chi connectivity index (χ3n) is 3.43. The van der Waals surface area contributed by atoms with Gasteiger partial charge in [0, 0.05) is 31.9 Å². The first-order valence-corrected chi connectivity index (χ1v) is 8.93. The highest BCUT2D eigenvalue weighted by Crippen LogP contribution is 2.28. The highest BCUT2D eigenvalue weighted by Gasteiger charge is 2.30. The Hall–Kier alpha value is -1.64. The normalized spacial score (nSPS) is 14.5. The first-order chi connectivity index (χ1) is 11.0. The lowest BCUT2D eigenvalue weighted by Gasteiger charge is -2.12. The molecular weight excluding hydrogens is 320 g/mol. The van der Waals surface area contributed by atoms with Crippen LogP contribution in [0.15, 0.2) is 23.1 Å². The number of methoxy groups -OCH3 is 2. The average Bonchev–Trinajstić information content (AvgIpc) is 3.34. The van der Waals surface area contributed by atoms with Crippen LogP contribution in [-0.2, 0) is 14.8 Å². The molecule has 0 spiro atoms. The lowest BCUT2D eigenvalue weighted by molar-refractivity contribution is 0.0948. The van der Waals surface area contributed by atoms with E-state index in [2.05, 4.69) is 10.0 Å². The average molecular weight is 342 g/mol. The highest BCUT2D eigenvalue weighted by atomic mass is 32.2. The van der Waals surface area contributed by atoms with Crippen molar-refractivity contribution in [2.45, 2.75) is 30.2 Å². The number of ether oxygens (including phenoxy) is 2. The topological polar surface area (TPSA) is 93.7 Å². The summed E-state index contributed by atoms with van der Waals surface area (Å²) in [5, 5.41) is 2.73. The van der Waals surface area contributed by atoms with Gasteiger partial charge < -0.3 is 14.8 Å². The molecule has 1 aliphatic carbocycles. The summed E-state index contributed by atoms with van der Waals surface area (Å²) in [5.41, 5.74) is 0.277. The largest absolute Gasteiger partial charge is 0.495 e. The molecule has 0 saturated heterocycles. The molecule has 0 radical (unpaired) electrons. The van der Waals surface area contributed by atoms with Crippen molar-refractivity contribution >= 4 is 15.9 Å². The van der Waals surface area contributed by atoms with Gasteiger partial charge in [-0.1, -0.05) is 0 Å². The van der Waals surface area contributed by atoms with Crippen molar-refractivity contribution in [2.75, 3.05) is 27.4 Å². The number of sulfonamides is 1. The Kier molecular flexibility index (Phi) is 5.97. The number of nitrogens with one attached hydrogen (secondary N) is 2. The Morgan fingerprint density at radius 1 is 1.30 bits per heavy atom. The van der Waals surface area contributed by atoms with Gasteiger partial charge in [-0.3, -0.25) is 4.79 Å². The van der Waals surface area contributed by atoms with E-state index in [-0.39, 0.29) is 28.2 Å². The van der Waals surface area contributed by atoms with Gasteiger partial charge in [-0.25, -0.2) is 13.1 Å². The summed E-state index contributed by atoms with van der Waals surface area (Å²) in [7, 11) is -0.709. The van der Waals surface area contributed by atoms with E-state index in [9.17, 15) is 13.2 Å². The minimum atomic E-state index is -3.70. The van der Waals surface area contributed by atoms with Crippen LogP contribution < -0.4 is 14.8 Å². The smallest absolute Gasteiger partial charge is 0.251 e. The number of carbonyl (C=O) groups excluding carboxylic acids is 1. The van der Waals surface area contributed by atoms with Gasteiger partial charge in [-0.2, -0.15) is 0 Å². The summed E-state index contributed by atoms with van der Waals surface area (Å²) in [6.07, 6.45) is 2.36. The first-order valence-electron chi connectivity index (χ1n) is 7.45. The zero-order chi connectivity index (χ0) is 16.9. The van der Waals surface area contributed by atoms with Crippen molar-refractivity contribution in [3.05, 3.63) is 23.8 Å². The third-order valence-corrected chi connectivity index (χ3v) is 4.97. The molecule has 1 aliphatic rings. The molecule has 0 heterocycles. The number of hydrogen-bond acceptors (Lipinski definition) is 5. The Morgan fingerprint density at radius 3 is 2.65 bits per heavy atom.